The Labute approximate surface area is 305 Å². The van der Waals surface area contributed by atoms with Crippen LogP contribution in [0.2, 0.25) is 5.02 Å². The van der Waals surface area contributed by atoms with Crippen molar-refractivity contribution in [2.45, 2.75) is 29.5 Å². The summed E-state index contributed by atoms with van der Waals surface area (Å²) in [5.41, 5.74) is 2.26. The van der Waals surface area contributed by atoms with Gasteiger partial charge in [0.05, 0.1) is 41.8 Å². The second-order valence-electron chi connectivity index (χ2n) is 13.0. The number of anilines is 2. The number of methoxy groups -OCH3 is 1. The Kier molecular flexibility index (Phi) is 8.67. The standard InChI is InChI=1S/C37H32ClN3O8S2/c1-3-48-36(45)17-4-11-21(12-5-17)41-34(43)29-22-15-23(30(29)35(41)44)31-28(22)27(32-33(50-31)40-37(46)51-32)18-6-13-24(25(14-18)47-2)49-16-26(42)39-20-9-7-19(38)8-10-20/h4-14,22-23,27-31H,3,15-16H2,1-2H3,(H,39,42)(H,40,46)/t22?,23?,27-,28?,29?,30?,31?/m1/s1. The van der Waals surface area contributed by atoms with Crippen LogP contribution in [-0.4, -0.2) is 54.2 Å². The summed E-state index contributed by atoms with van der Waals surface area (Å²) in [6, 6.07) is 18.7. The monoisotopic (exact) mass is 745 g/mol. The molecule has 2 bridgehead atoms. The van der Waals surface area contributed by atoms with Gasteiger partial charge < -0.3 is 24.5 Å². The van der Waals surface area contributed by atoms with Crippen LogP contribution >= 0.6 is 34.7 Å². The Balaban J connectivity index is 1.07. The summed E-state index contributed by atoms with van der Waals surface area (Å²) in [6.07, 6.45) is 0.738. The molecule has 6 unspecified atom stereocenters. The summed E-state index contributed by atoms with van der Waals surface area (Å²) in [5.74, 6) is -1.81. The van der Waals surface area contributed by atoms with Gasteiger partial charge in [-0.15, -0.1) is 11.8 Å². The number of thioether (sulfide) groups is 1. The van der Waals surface area contributed by atoms with Crippen molar-refractivity contribution in [3.8, 4) is 11.5 Å². The normalized spacial score (nSPS) is 25.6. The first-order valence-electron chi connectivity index (χ1n) is 16.6. The van der Waals surface area contributed by atoms with Crippen LogP contribution in [0.1, 0.15) is 40.1 Å². The molecular weight excluding hydrogens is 714 g/mol. The Bertz CT molecular complexity index is 2120. The van der Waals surface area contributed by atoms with E-state index >= 15 is 0 Å². The number of carbonyl (C=O) groups excluding carboxylic acids is 4. The van der Waals surface area contributed by atoms with Gasteiger partial charge in [-0.2, -0.15) is 0 Å². The number of thiazole rings is 1. The summed E-state index contributed by atoms with van der Waals surface area (Å²) in [5, 5.41) is 4.13. The number of nitrogens with zero attached hydrogens (tertiary/aromatic N) is 1. The van der Waals surface area contributed by atoms with Gasteiger partial charge in [0.2, 0.25) is 11.8 Å². The van der Waals surface area contributed by atoms with Gasteiger partial charge in [0.15, 0.2) is 18.1 Å². The second-order valence-corrected chi connectivity index (χ2v) is 15.6. The third kappa shape index (κ3) is 5.71. The van der Waals surface area contributed by atoms with Crippen LogP contribution in [0, 0.1) is 29.6 Å². The number of benzene rings is 3. The SMILES string of the molecule is CCOC(=O)c1ccc(N2C(=O)C3C4CC(C3C2=O)C2C4Sc3[nH]c(=O)sc3[C@@H]2c2ccc(OCC(=O)Nc3ccc(Cl)cc3)c(OC)c2)cc1. The first kappa shape index (κ1) is 33.5. The lowest BCUT2D eigenvalue weighted by Gasteiger charge is -2.43. The number of imide groups is 1. The maximum atomic E-state index is 14.2. The number of esters is 1. The first-order valence-corrected chi connectivity index (χ1v) is 18.6. The molecular formula is C37H32ClN3O8S2. The number of halogens is 1. The van der Waals surface area contributed by atoms with E-state index in [0.717, 1.165) is 21.9 Å². The smallest absolute Gasteiger partial charge is 0.338 e. The molecule has 3 aromatic carbocycles. The number of carbonyl (C=O) groups is 4. The van der Waals surface area contributed by atoms with Gasteiger partial charge in [-0.1, -0.05) is 29.0 Å². The van der Waals surface area contributed by atoms with Crippen molar-refractivity contribution >= 4 is 69.8 Å². The van der Waals surface area contributed by atoms with Gasteiger partial charge in [0, 0.05) is 26.8 Å². The molecule has 4 aliphatic rings. The maximum absolute atomic E-state index is 14.2. The Hall–Kier alpha value is -4.59. The minimum atomic E-state index is -0.488. The van der Waals surface area contributed by atoms with Crippen LogP contribution in [0.25, 0.3) is 0 Å². The van der Waals surface area contributed by atoms with E-state index in [-0.39, 0.29) is 64.7 Å². The predicted molar refractivity (Wildman–Crippen MR) is 192 cm³/mol. The molecule has 0 radical (unpaired) electrons. The number of H-pyrrole nitrogens is 1. The van der Waals surface area contributed by atoms with Crippen LogP contribution in [0.4, 0.5) is 11.4 Å². The number of aromatic nitrogens is 1. The molecule has 4 aromatic rings. The lowest BCUT2D eigenvalue weighted by atomic mass is 9.68. The summed E-state index contributed by atoms with van der Waals surface area (Å²) < 4.78 is 16.7. The average Bonchev–Trinajstić information content (AvgIpc) is 3.87. The Morgan fingerprint density at radius 3 is 2.39 bits per heavy atom. The number of hydrogen-bond donors (Lipinski definition) is 2. The quantitative estimate of drug-likeness (QED) is 0.156. The molecule has 2 N–H and O–H groups in total. The summed E-state index contributed by atoms with van der Waals surface area (Å²) in [4.78, 5) is 70.8. The maximum Gasteiger partial charge on any atom is 0.338 e. The van der Waals surface area contributed by atoms with E-state index < -0.39 is 17.8 Å². The molecule has 262 valence electrons. The predicted octanol–water partition coefficient (Wildman–Crippen LogP) is 5.97. The largest absolute Gasteiger partial charge is 0.493 e. The van der Waals surface area contributed by atoms with Gasteiger partial charge in [-0.3, -0.25) is 24.1 Å². The number of aromatic amines is 1. The number of nitrogens with one attached hydrogen (secondary N) is 2. The molecule has 3 amide bonds. The zero-order chi connectivity index (χ0) is 35.6. The fourth-order valence-corrected chi connectivity index (χ4v) is 11.5. The van der Waals surface area contributed by atoms with Crippen molar-refractivity contribution in [2.24, 2.45) is 29.6 Å². The van der Waals surface area contributed by atoms with E-state index in [2.05, 4.69) is 10.3 Å². The minimum absolute atomic E-state index is 0.000347. The van der Waals surface area contributed by atoms with Gasteiger partial charge in [0.1, 0.15) is 0 Å². The summed E-state index contributed by atoms with van der Waals surface area (Å²) in [7, 11) is 1.53. The van der Waals surface area contributed by atoms with Crippen LogP contribution in [-0.2, 0) is 19.1 Å². The lowest BCUT2D eigenvalue weighted by molar-refractivity contribution is -0.123. The van der Waals surface area contributed by atoms with Crippen molar-refractivity contribution in [2.75, 3.05) is 30.5 Å². The number of ether oxygens (including phenoxy) is 3. The summed E-state index contributed by atoms with van der Waals surface area (Å²) in [6.45, 7) is 1.72. The number of amides is 3. The third-order valence-corrected chi connectivity index (χ3v) is 13.2. The van der Waals surface area contributed by atoms with Crippen LogP contribution in [0.15, 0.2) is 76.6 Å². The topological polar surface area (TPSA) is 144 Å². The van der Waals surface area contributed by atoms with Gasteiger partial charge in [0.25, 0.3) is 5.91 Å². The van der Waals surface area contributed by atoms with Crippen molar-refractivity contribution in [3.63, 3.8) is 0 Å². The molecule has 2 aliphatic heterocycles. The minimum Gasteiger partial charge on any atom is -0.493 e. The van der Waals surface area contributed by atoms with Crippen molar-refractivity contribution in [1.29, 1.82) is 0 Å². The van der Waals surface area contributed by atoms with Gasteiger partial charge in [-0.05, 0) is 97.3 Å². The van der Waals surface area contributed by atoms with Crippen molar-refractivity contribution in [1.82, 2.24) is 4.98 Å². The van der Waals surface area contributed by atoms with E-state index in [1.807, 2.05) is 12.1 Å². The highest BCUT2D eigenvalue weighted by atomic mass is 35.5. The van der Waals surface area contributed by atoms with E-state index in [1.165, 1.54) is 23.3 Å². The molecule has 3 fully saturated rings. The van der Waals surface area contributed by atoms with E-state index in [0.29, 0.717) is 33.5 Å². The molecule has 2 saturated carbocycles. The third-order valence-electron chi connectivity index (χ3n) is 10.4. The van der Waals surface area contributed by atoms with Crippen LogP contribution < -0.4 is 24.6 Å². The molecule has 1 saturated heterocycles. The van der Waals surface area contributed by atoms with Crippen molar-refractivity contribution in [3.05, 3.63) is 97.4 Å². The average molecular weight is 746 g/mol. The highest BCUT2D eigenvalue weighted by Gasteiger charge is 2.69. The fraction of sp³-hybridized carbons (Fsp3) is 0.324. The Morgan fingerprint density at radius 2 is 1.69 bits per heavy atom. The fourth-order valence-electron chi connectivity index (χ4n) is 8.48. The van der Waals surface area contributed by atoms with E-state index in [9.17, 15) is 24.0 Å². The van der Waals surface area contributed by atoms with Crippen LogP contribution in [0.3, 0.4) is 0 Å². The number of rotatable bonds is 9. The molecule has 8 rings (SSSR count). The van der Waals surface area contributed by atoms with Crippen LogP contribution in [0.5, 0.6) is 11.5 Å². The molecule has 7 atom stereocenters. The van der Waals surface area contributed by atoms with Crippen molar-refractivity contribution < 1.29 is 33.4 Å². The second kappa shape index (κ2) is 13.2. The van der Waals surface area contributed by atoms with E-state index in [1.54, 1.807) is 73.3 Å². The number of fused-ring (bicyclic) bond motifs is 9. The molecule has 0 spiro atoms. The number of hydrogen-bond acceptors (Lipinski definition) is 10. The van der Waals surface area contributed by atoms with E-state index in [4.69, 9.17) is 25.8 Å². The molecule has 51 heavy (non-hydrogen) atoms. The van der Waals surface area contributed by atoms with Gasteiger partial charge in [-0.25, -0.2) is 4.79 Å². The lowest BCUT2D eigenvalue weighted by Crippen LogP contribution is -2.42. The molecule has 11 nitrogen and oxygen atoms in total. The first-order chi connectivity index (χ1) is 24.7. The van der Waals surface area contributed by atoms with Gasteiger partial charge >= 0.3 is 10.8 Å². The highest BCUT2D eigenvalue weighted by molar-refractivity contribution is 8.00. The summed E-state index contributed by atoms with van der Waals surface area (Å²) >= 11 is 8.72. The molecule has 14 heteroatoms. The molecule has 1 aromatic heterocycles. The molecule has 3 heterocycles. The zero-order valence-corrected chi connectivity index (χ0v) is 29.8. The Morgan fingerprint density at radius 1 is 0.961 bits per heavy atom. The highest BCUT2D eigenvalue weighted by Crippen LogP contribution is 2.68. The molecule has 2 aliphatic carbocycles. The zero-order valence-electron chi connectivity index (χ0n) is 27.4.